The van der Waals surface area contributed by atoms with Gasteiger partial charge in [0.15, 0.2) is 6.29 Å². The number of aliphatic hydroxyl groups excluding tert-OH is 1. The highest BCUT2D eigenvalue weighted by atomic mass is 32.2. The van der Waals surface area contributed by atoms with Crippen molar-refractivity contribution in [3.8, 4) is 0 Å². The monoisotopic (exact) mass is 517 g/mol. The fraction of sp³-hybridized carbons (Fsp3) is 0.259. The summed E-state index contributed by atoms with van der Waals surface area (Å²) in [6, 6.07) is 24.4. The van der Waals surface area contributed by atoms with Gasteiger partial charge in [0.1, 0.15) is 0 Å². The number of nitrogens with zero attached hydrogens (tertiary/aromatic N) is 4. The molecule has 1 fully saturated rings. The topological polar surface area (TPSA) is 111 Å². The van der Waals surface area contributed by atoms with E-state index in [0.29, 0.717) is 28.6 Å². The largest absolute Gasteiger partial charge is 0.392 e. The van der Waals surface area contributed by atoms with E-state index in [2.05, 4.69) is 20.8 Å². The quantitative estimate of drug-likeness (QED) is 0.333. The Balaban J connectivity index is 1.31. The summed E-state index contributed by atoms with van der Waals surface area (Å²) in [7, 11) is 1.81. The molecule has 0 saturated carbocycles. The van der Waals surface area contributed by atoms with Gasteiger partial charge in [-0.3, -0.25) is 4.79 Å². The molecular weight excluding hydrogens is 490 g/mol. The summed E-state index contributed by atoms with van der Waals surface area (Å²) in [5.41, 5.74) is 4.00. The van der Waals surface area contributed by atoms with Gasteiger partial charge in [-0.1, -0.05) is 66.4 Å². The second-order valence-corrected chi connectivity index (χ2v) is 9.68. The van der Waals surface area contributed by atoms with E-state index in [1.807, 2.05) is 66.7 Å². The van der Waals surface area contributed by atoms with E-state index in [1.165, 1.54) is 11.8 Å². The number of amides is 1. The van der Waals surface area contributed by atoms with E-state index < -0.39 is 6.29 Å². The Labute approximate surface area is 218 Å². The Morgan fingerprint density at radius 3 is 2.43 bits per heavy atom. The second-order valence-electron chi connectivity index (χ2n) is 8.69. The van der Waals surface area contributed by atoms with Crippen LogP contribution in [0.5, 0.6) is 0 Å². The Kier molecular flexibility index (Phi) is 7.90. The van der Waals surface area contributed by atoms with Crippen molar-refractivity contribution in [2.45, 2.75) is 36.7 Å². The van der Waals surface area contributed by atoms with E-state index in [0.717, 1.165) is 16.7 Å². The molecule has 0 aliphatic carbocycles. The van der Waals surface area contributed by atoms with Crippen LogP contribution < -0.4 is 5.32 Å². The molecule has 1 amide bonds. The van der Waals surface area contributed by atoms with Gasteiger partial charge in [0.05, 0.1) is 18.8 Å². The van der Waals surface area contributed by atoms with Crippen LogP contribution in [0, 0.1) is 0 Å². The Morgan fingerprint density at radius 2 is 1.76 bits per heavy atom. The molecule has 190 valence electrons. The summed E-state index contributed by atoms with van der Waals surface area (Å²) in [5, 5.41) is 24.7. The molecule has 37 heavy (non-hydrogen) atoms. The summed E-state index contributed by atoms with van der Waals surface area (Å²) in [4.78, 5) is 12.5. The SMILES string of the molecule is Cn1nnnc1SC[C@H]1C[C@@H](c2ccc(CO)cc2)O[C@@H](c2ccc(NC(=O)c3ccccc3)cc2)O1. The van der Waals surface area contributed by atoms with E-state index in [9.17, 15) is 9.90 Å². The van der Waals surface area contributed by atoms with Crippen LogP contribution in [-0.2, 0) is 23.1 Å². The number of aliphatic hydroxyl groups is 1. The first-order valence-electron chi connectivity index (χ1n) is 11.9. The van der Waals surface area contributed by atoms with Crippen LogP contribution in [0.3, 0.4) is 0 Å². The van der Waals surface area contributed by atoms with Crippen LogP contribution in [0.4, 0.5) is 5.69 Å². The minimum atomic E-state index is -0.585. The Morgan fingerprint density at radius 1 is 1.03 bits per heavy atom. The van der Waals surface area contributed by atoms with Crippen molar-refractivity contribution in [3.05, 3.63) is 101 Å². The van der Waals surface area contributed by atoms with Crippen molar-refractivity contribution in [3.63, 3.8) is 0 Å². The summed E-state index contributed by atoms with van der Waals surface area (Å²) >= 11 is 1.53. The minimum Gasteiger partial charge on any atom is -0.392 e. The number of rotatable bonds is 8. The van der Waals surface area contributed by atoms with Gasteiger partial charge in [-0.25, -0.2) is 4.68 Å². The van der Waals surface area contributed by atoms with Crippen LogP contribution >= 0.6 is 11.8 Å². The van der Waals surface area contributed by atoms with Gasteiger partial charge in [-0.05, 0) is 45.8 Å². The lowest BCUT2D eigenvalue weighted by molar-refractivity contribution is -0.245. The molecule has 0 spiro atoms. The molecule has 0 unspecified atom stereocenters. The van der Waals surface area contributed by atoms with Gasteiger partial charge in [0.25, 0.3) is 5.91 Å². The molecule has 0 bridgehead atoms. The fourth-order valence-corrected chi connectivity index (χ4v) is 4.92. The number of aromatic nitrogens is 4. The number of carbonyl (C=O) groups excluding carboxylic acids is 1. The number of benzene rings is 3. The van der Waals surface area contributed by atoms with Gasteiger partial charge in [0, 0.05) is 36.0 Å². The maximum absolute atomic E-state index is 12.5. The fourth-order valence-electron chi connectivity index (χ4n) is 4.05. The number of hydrogen-bond acceptors (Lipinski definition) is 8. The van der Waals surface area contributed by atoms with Crippen LogP contribution in [0.1, 0.15) is 45.9 Å². The molecule has 2 N–H and O–H groups in total. The zero-order valence-corrected chi connectivity index (χ0v) is 21.0. The molecule has 4 aromatic rings. The number of tetrazole rings is 1. The average molecular weight is 518 g/mol. The van der Waals surface area contributed by atoms with Crippen molar-refractivity contribution >= 4 is 23.4 Å². The first-order valence-corrected chi connectivity index (χ1v) is 12.9. The average Bonchev–Trinajstić information content (AvgIpc) is 3.37. The molecule has 3 atom stereocenters. The summed E-state index contributed by atoms with van der Waals surface area (Å²) in [6.45, 7) is -0.00427. The number of anilines is 1. The highest BCUT2D eigenvalue weighted by Gasteiger charge is 2.32. The normalized spacial score (nSPS) is 19.5. The van der Waals surface area contributed by atoms with Crippen molar-refractivity contribution < 1.29 is 19.4 Å². The first-order chi connectivity index (χ1) is 18.1. The molecule has 1 aromatic heterocycles. The van der Waals surface area contributed by atoms with Crippen LogP contribution in [0.2, 0.25) is 0 Å². The predicted molar refractivity (Wildman–Crippen MR) is 139 cm³/mol. The van der Waals surface area contributed by atoms with Crippen LogP contribution in [-0.4, -0.2) is 43.1 Å². The number of carbonyl (C=O) groups is 1. The number of ether oxygens (including phenoxy) is 2. The van der Waals surface area contributed by atoms with Gasteiger partial charge in [0.2, 0.25) is 5.16 Å². The molecule has 2 heterocycles. The number of thioether (sulfide) groups is 1. The zero-order chi connectivity index (χ0) is 25.6. The maximum atomic E-state index is 12.5. The van der Waals surface area contributed by atoms with Gasteiger partial charge in [-0.2, -0.15) is 0 Å². The zero-order valence-electron chi connectivity index (χ0n) is 20.2. The van der Waals surface area contributed by atoms with Crippen molar-refractivity contribution in [2.24, 2.45) is 7.05 Å². The van der Waals surface area contributed by atoms with E-state index in [-0.39, 0.29) is 24.7 Å². The lowest BCUT2D eigenvalue weighted by Crippen LogP contribution is -2.31. The molecule has 3 aromatic carbocycles. The smallest absolute Gasteiger partial charge is 0.255 e. The first kappa shape index (κ1) is 25.1. The molecule has 5 rings (SSSR count). The standard InChI is InChI=1S/C27H27N5O4S/c1-32-27(29-30-31-32)37-17-23-15-24(19-9-7-18(16-33)8-10-19)36-26(35-23)21-11-13-22(14-12-21)28-25(34)20-5-3-2-4-6-20/h2-14,23-24,26,33H,15-17H2,1H3,(H,28,34)/t23-,24+,26+/m1/s1. The van der Waals surface area contributed by atoms with E-state index >= 15 is 0 Å². The molecule has 0 radical (unpaired) electrons. The van der Waals surface area contributed by atoms with Gasteiger partial charge < -0.3 is 19.9 Å². The number of aryl methyl sites for hydroxylation is 1. The lowest BCUT2D eigenvalue weighted by Gasteiger charge is -2.36. The van der Waals surface area contributed by atoms with Crippen molar-refractivity contribution in [1.82, 2.24) is 20.2 Å². The third-order valence-electron chi connectivity index (χ3n) is 6.07. The molecule has 1 aliphatic rings. The predicted octanol–water partition coefficient (Wildman–Crippen LogP) is 4.29. The molecule has 1 aliphatic heterocycles. The van der Waals surface area contributed by atoms with Gasteiger partial charge in [-0.15, -0.1) is 5.10 Å². The Bertz CT molecular complexity index is 1310. The highest BCUT2D eigenvalue weighted by molar-refractivity contribution is 7.99. The maximum Gasteiger partial charge on any atom is 0.255 e. The summed E-state index contributed by atoms with van der Waals surface area (Å²) in [5.74, 6) is 0.491. The molecule has 1 saturated heterocycles. The summed E-state index contributed by atoms with van der Waals surface area (Å²) < 4.78 is 14.4. The second kappa shape index (κ2) is 11.7. The van der Waals surface area contributed by atoms with Crippen LogP contribution in [0.25, 0.3) is 0 Å². The lowest BCUT2D eigenvalue weighted by atomic mass is 10.0. The molecule has 10 heteroatoms. The summed E-state index contributed by atoms with van der Waals surface area (Å²) in [6.07, 6.45) is -0.218. The van der Waals surface area contributed by atoms with Crippen LogP contribution in [0.15, 0.2) is 84.0 Å². The molecular formula is C27H27N5O4S. The number of hydrogen-bond donors (Lipinski definition) is 2. The number of nitrogens with one attached hydrogen (secondary N) is 1. The van der Waals surface area contributed by atoms with Crippen molar-refractivity contribution in [1.29, 1.82) is 0 Å². The third kappa shape index (κ3) is 6.23. The highest BCUT2D eigenvalue weighted by Crippen LogP contribution is 2.39. The van der Waals surface area contributed by atoms with Crippen molar-refractivity contribution in [2.75, 3.05) is 11.1 Å². The van der Waals surface area contributed by atoms with E-state index in [4.69, 9.17) is 9.47 Å². The van der Waals surface area contributed by atoms with E-state index in [1.54, 1.807) is 23.9 Å². The minimum absolute atomic E-state index is 0.00427. The Hall–Kier alpha value is -3.57. The third-order valence-corrected chi connectivity index (χ3v) is 7.21. The van der Waals surface area contributed by atoms with Gasteiger partial charge >= 0.3 is 0 Å². The molecule has 9 nitrogen and oxygen atoms in total.